The minimum absolute atomic E-state index is 0.0458. The van der Waals surface area contributed by atoms with Gasteiger partial charge in [-0.25, -0.2) is 9.59 Å². The van der Waals surface area contributed by atoms with Crippen LogP contribution < -0.4 is 5.32 Å². The van der Waals surface area contributed by atoms with Gasteiger partial charge in [0.25, 0.3) is 0 Å². The van der Waals surface area contributed by atoms with Crippen LogP contribution in [0.25, 0.3) is 0 Å². The van der Waals surface area contributed by atoms with Gasteiger partial charge in [0.05, 0.1) is 6.61 Å². The topological polar surface area (TPSA) is 84.9 Å². The van der Waals surface area contributed by atoms with Crippen molar-refractivity contribution >= 4 is 12.1 Å². The molecule has 2 aromatic rings. The van der Waals surface area contributed by atoms with Gasteiger partial charge in [0.1, 0.15) is 6.61 Å². The van der Waals surface area contributed by atoms with Crippen LogP contribution in [-0.2, 0) is 26.4 Å². The molecule has 6 nitrogen and oxygen atoms in total. The Kier molecular flexibility index (Phi) is 5.92. The quantitative estimate of drug-likeness (QED) is 0.815. The summed E-state index contributed by atoms with van der Waals surface area (Å²) in [5, 5.41) is 12.1. The van der Waals surface area contributed by atoms with Crippen molar-refractivity contribution in [1.29, 1.82) is 0 Å². The fourth-order valence-corrected chi connectivity index (χ4v) is 2.30. The molecule has 2 rings (SSSR count). The van der Waals surface area contributed by atoms with Gasteiger partial charge in [0.15, 0.2) is 5.54 Å². The summed E-state index contributed by atoms with van der Waals surface area (Å²) in [7, 11) is 1.37. The lowest BCUT2D eigenvalue weighted by atomic mass is 9.91. The summed E-state index contributed by atoms with van der Waals surface area (Å²) in [6.07, 6.45) is -0.831. The Morgan fingerprint density at radius 3 is 2.17 bits per heavy atom. The van der Waals surface area contributed by atoms with E-state index >= 15 is 0 Å². The predicted octanol–water partition coefficient (Wildman–Crippen LogP) is 2.54. The number of aliphatic carboxylic acids is 1. The number of carbonyl (C=O) groups is 2. The molecule has 126 valence electrons. The third kappa shape index (κ3) is 4.11. The number of ether oxygens (including phenoxy) is 2. The normalized spacial score (nSPS) is 12.9. The van der Waals surface area contributed by atoms with E-state index in [2.05, 4.69) is 5.32 Å². The van der Waals surface area contributed by atoms with E-state index in [0.29, 0.717) is 5.56 Å². The van der Waals surface area contributed by atoms with Gasteiger partial charge in [-0.2, -0.15) is 0 Å². The number of amides is 1. The van der Waals surface area contributed by atoms with E-state index in [4.69, 9.17) is 9.47 Å². The third-order valence-electron chi connectivity index (χ3n) is 3.52. The highest BCUT2D eigenvalue weighted by molar-refractivity contribution is 5.86. The van der Waals surface area contributed by atoms with Crippen LogP contribution in [0.15, 0.2) is 60.7 Å². The van der Waals surface area contributed by atoms with Crippen molar-refractivity contribution in [2.24, 2.45) is 0 Å². The largest absolute Gasteiger partial charge is 0.479 e. The summed E-state index contributed by atoms with van der Waals surface area (Å²) in [5.41, 5.74) is -0.514. The molecule has 0 bridgehead atoms. The van der Waals surface area contributed by atoms with Gasteiger partial charge in [-0.1, -0.05) is 60.7 Å². The van der Waals surface area contributed by atoms with Crippen molar-refractivity contribution in [2.75, 3.05) is 13.7 Å². The van der Waals surface area contributed by atoms with E-state index in [-0.39, 0.29) is 13.2 Å². The van der Waals surface area contributed by atoms with Crippen LogP contribution in [0.1, 0.15) is 11.1 Å². The molecule has 1 unspecified atom stereocenters. The first-order chi connectivity index (χ1) is 11.6. The van der Waals surface area contributed by atoms with E-state index in [0.717, 1.165) is 5.56 Å². The number of nitrogens with one attached hydrogen (secondary N) is 1. The number of rotatable bonds is 7. The fourth-order valence-electron chi connectivity index (χ4n) is 2.30. The Hall–Kier alpha value is -2.86. The van der Waals surface area contributed by atoms with Crippen molar-refractivity contribution in [2.45, 2.75) is 12.1 Å². The molecule has 0 heterocycles. The van der Waals surface area contributed by atoms with Crippen LogP contribution >= 0.6 is 0 Å². The molecule has 6 heteroatoms. The van der Waals surface area contributed by atoms with Crippen molar-refractivity contribution in [1.82, 2.24) is 5.32 Å². The second-order valence-corrected chi connectivity index (χ2v) is 5.20. The Morgan fingerprint density at radius 2 is 1.62 bits per heavy atom. The SMILES string of the molecule is COCC(NC(=O)OCc1ccccc1)(C(=O)O)c1ccccc1. The lowest BCUT2D eigenvalue weighted by Gasteiger charge is -2.29. The Morgan fingerprint density at radius 1 is 1.04 bits per heavy atom. The van der Waals surface area contributed by atoms with Crippen molar-refractivity contribution in [3.63, 3.8) is 0 Å². The first-order valence-corrected chi connectivity index (χ1v) is 7.35. The van der Waals surface area contributed by atoms with Crippen molar-refractivity contribution in [3.05, 3.63) is 71.8 Å². The summed E-state index contributed by atoms with van der Waals surface area (Å²) in [6.45, 7) is -0.184. The Labute approximate surface area is 140 Å². The summed E-state index contributed by atoms with van der Waals surface area (Å²) in [4.78, 5) is 24.0. The molecular formula is C18H19NO5. The van der Waals surface area contributed by atoms with Crippen molar-refractivity contribution < 1.29 is 24.2 Å². The molecule has 0 aliphatic rings. The molecule has 0 aliphatic heterocycles. The Balaban J connectivity index is 2.15. The van der Waals surface area contributed by atoms with Crippen LogP contribution in [0.4, 0.5) is 4.79 Å². The number of alkyl carbamates (subject to hydrolysis) is 1. The number of hydrogen-bond donors (Lipinski definition) is 2. The highest BCUT2D eigenvalue weighted by Gasteiger charge is 2.42. The van der Waals surface area contributed by atoms with Crippen LogP contribution in [0.2, 0.25) is 0 Å². The van der Waals surface area contributed by atoms with E-state index in [1.807, 2.05) is 30.3 Å². The smallest absolute Gasteiger partial charge is 0.408 e. The second-order valence-electron chi connectivity index (χ2n) is 5.20. The summed E-state index contributed by atoms with van der Waals surface area (Å²) in [5.74, 6) is -1.23. The fraction of sp³-hybridized carbons (Fsp3) is 0.222. The predicted molar refractivity (Wildman–Crippen MR) is 87.4 cm³/mol. The highest BCUT2D eigenvalue weighted by Crippen LogP contribution is 2.22. The zero-order valence-electron chi connectivity index (χ0n) is 13.3. The monoisotopic (exact) mass is 329 g/mol. The third-order valence-corrected chi connectivity index (χ3v) is 3.52. The number of benzene rings is 2. The van der Waals surface area contributed by atoms with E-state index < -0.39 is 17.6 Å². The minimum Gasteiger partial charge on any atom is -0.479 e. The lowest BCUT2D eigenvalue weighted by Crippen LogP contribution is -2.55. The first-order valence-electron chi connectivity index (χ1n) is 7.35. The van der Waals surface area contributed by atoms with Gasteiger partial charge in [-0.3, -0.25) is 5.32 Å². The van der Waals surface area contributed by atoms with Crippen LogP contribution in [0.3, 0.4) is 0 Å². The van der Waals surface area contributed by atoms with Crippen molar-refractivity contribution in [3.8, 4) is 0 Å². The molecule has 1 amide bonds. The average Bonchev–Trinajstić information content (AvgIpc) is 2.61. The number of carbonyl (C=O) groups excluding carboxylic acids is 1. The molecule has 0 fully saturated rings. The molecule has 0 radical (unpaired) electrons. The number of hydrogen-bond acceptors (Lipinski definition) is 4. The van der Waals surface area contributed by atoms with Gasteiger partial charge in [0.2, 0.25) is 0 Å². The average molecular weight is 329 g/mol. The van der Waals surface area contributed by atoms with Gasteiger partial charge in [-0.15, -0.1) is 0 Å². The van der Waals surface area contributed by atoms with Crippen LogP contribution in [0, 0.1) is 0 Å². The number of carboxylic acids is 1. The maximum Gasteiger partial charge on any atom is 0.408 e. The zero-order valence-corrected chi connectivity index (χ0v) is 13.3. The minimum atomic E-state index is -1.72. The molecular weight excluding hydrogens is 310 g/mol. The molecule has 2 aromatic carbocycles. The molecule has 0 aromatic heterocycles. The van der Waals surface area contributed by atoms with E-state index in [9.17, 15) is 14.7 Å². The molecule has 2 N–H and O–H groups in total. The Bertz CT molecular complexity index is 674. The highest BCUT2D eigenvalue weighted by atomic mass is 16.5. The van der Waals surface area contributed by atoms with Gasteiger partial charge in [-0.05, 0) is 11.1 Å². The molecule has 0 saturated heterocycles. The molecule has 0 saturated carbocycles. The molecule has 1 atom stereocenters. The molecule has 0 spiro atoms. The van der Waals surface area contributed by atoms with E-state index in [1.165, 1.54) is 7.11 Å². The molecule has 0 aliphatic carbocycles. The second kappa shape index (κ2) is 8.12. The summed E-state index contributed by atoms with van der Waals surface area (Å²) < 4.78 is 10.2. The number of carboxylic acid groups (broad SMARTS) is 1. The number of methoxy groups -OCH3 is 1. The van der Waals surface area contributed by atoms with Gasteiger partial charge < -0.3 is 14.6 Å². The van der Waals surface area contributed by atoms with Crippen LogP contribution in [-0.4, -0.2) is 30.9 Å². The first kappa shape index (κ1) is 17.5. The lowest BCUT2D eigenvalue weighted by molar-refractivity contribution is -0.147. The zero-order chi connectivity index (χ0) is 17.4. The summed E-state index contributed by atoms with van der Waals surface area (Å²) >= 11 is 0. The maximum absolute atomic E-state index is 12.1. The standard InChI is InChI=1S/C18H19NO5/c1-23-13-18(16(20)21,15-10-6-3-7-11-15)19-17(22)24-12-14-8-4-2-5-9-14/h2-11H,12-13H2,1H3,(H,19,22)(H,20,21). The van der Waals surface area contributed by atoms with E-state index in [1.54, 1.807) is 30.3 Å². The maximum atomic E-state index is 12.1. The van der Waals surface area contributed by atoms with Gasteiger partial charge >= 0.3 is 12.1 Å². The van der Waals surface area contributed by atoms with Gasteiger partial charge in [0, 0.05) is 7.11 Å². The molecule has 24 heavy (non-hydrogen) atoms. The summed E-state index contributed by atoms with van der Waals surface area (Å²) in [6, 6.07) is 17.5. The van der Waals surface area contributed by atoms with Crippen LogP contribution in [0.5, 0.6) is 0 Å².